The van der Waals surface area contributed by atoms with Gasteiger partial charge in [-0.25, -0.2) is 4.79 Å². The minimum atomic E-state index is -0.427. The molecule has 4 aromatic rings. The highest BCUT2D eigenvalue weighted by molar-refractivity contribution is 5.77. The number of hydrogen-bond donors (Lipinski definition) is 1. The van der Waals surface area contributed by atoms with Crippen LogP contribution in [0.2, 0.25) is 0 Å². The predicted molar refractivity (Wildman–Crippen MR) is 112 cm³/mol. The number of benzene rings is 1. The summed E-state index contributed by atoms with van der Waals surface area (Å²) in [6.45, 7) is 8.12. The van der Waals surface area contributed by atoms with Crippen molar-refractivity contribution in [2.24, 2.45) is 7.05 Å². The zero-order valence-electron chi connectivity index (χ0n) is 17.4. The molecule has 0 saturated heterocycles. The van der Waals surface area contributed by atoms with E-state index in [1.54, 1.807) is 7.05 Å². The minimum absolute atomic E-state index is 0.0867. The van der Waals surface area contributed by atoms with Gasteiger partial charge in [-0.2, -0.15) is 4.98 Å². The van der Waals surface area contributed by atoms with Gasteiger partial charge in [0.1, 0.15) is 0 Å². The zero-order chi connectivity index (χ0) is 21.0. The molecule has 4 rings (SSSR count). The van der Waals surface area contributed by atoms with Crippen LogP contribution in [0.4, 0.5) is 0 Å². The van der Waals surface area contributed by atoms with E-state index in [0.29, 0.717) is 23.4 Å². The number of aromatic nitrogens is 5. The number of rotatable bonds is 4. The molecule has 0 radical (unpaired) electrons. The number of aryl methyl sites for hydroxylation is 4. The van der Waals surface area contributed by atoms with Crippen LogP contribution in [0.15, 0.2) is 27.8 Å². The summed E-state index contributed by atoms with van der Waals surface area (Å²) in [5, 5.41) is 9.14. The van der Waals surface area contributed by atoms with Gasteiger partial charge in [0.2, 0.25) is 5.78 Å². The summed E-state index contributed by atoms with van der Waals surface area (Å²) in [7, 11) is 1.62. The second-order valence-corrected chi connectivity index (χ2v) is 7.59. The van der Waals surface area contributed by atoms with Crippen molar-refractivity contribution >= 4 is 16.9 Å². The van der Waals surface area contributed by atoms with E-state index in [9.17, 15) is 9.59 Å². The fourth-order valence-corrected chi connectivity index (χ4v) is 3.93. The third kappa shape index (κ3) is 2.66. The summed E-state index contributed by atoms with van der Waals surface area (Å²) >= 11 is 0. The monoisotopic (exact) mass is 395 g/mol. The molecule has 29 heavy (non-hydrogen) atoms. The molecular formula is C21H25N5O3. The molecule has 0 fully saturated rings. The quantitative estimate of drug-likeness (QED) is 0.570. The molecule has 3 aromatic heterocycles. The van der Waals surface area contributed by atoms with Gasteiger partial charge < -0.3 is 5.11 Å². The number of imidazole rings is 2. The van der Waals surface area contributed by atoms with Crippen LogP contribution < -0.4 is 11.2 Å². The molecule has 0 spiro atoms. The molecule has 1 aromatic carbocycles. The van der Waals surface area contributed by atoms with Gasteiger partial charge in [0, 0.05) is 31.6 Å². The standard InChI is InChI=1S/C21H25N5O3/c1-12-7-8-13(2)16(11-12)25-14(3)15(4)26-17-18(22-20(25)26)23(5)21(29)24(19(17)28)9-6-10-27/h7-8,11,27H,6,9-10H2,1-5H3. The van der Waals surface area contributed by atoms with Gasteiger partial charge in [-0.3, -0.25) is 22.9 Å². The Morgan fingerprint density at radius 1 is 1.07 bits per heavy atom. The third-order valence-electron chi connectivity index (χ3n) is 5.66. The van der Waals surface area contributed by atoms with Crippen LogP contribution in [0.3, 0.4) is 0 Å². The van der Waals surface area contributed by atoms with Gasteiger partial charge in [0.15, 0.2) is 11.2 Å². The molecular weight excluding hydrogens is 370 g/mol. The summed E-state index contributed by atoms with van der Waals surface area (Å²) in [4.78, 5) is 30.6. The maximum absolute atomic E-state index is 13.2. The van der Waals surface area contributed by atoms with Crippen molar-refractivity contribution in [3.8, 4) is 5.69 Å². The molecule has 8 heteroatoms. The molecule has 1 N–H and O–H groups in total. The van der Waals surface area contributed by atoms with Crippen LogP contribution in [-0.4, -0.2) is 34.8 Å². The molecule has 0 atom stereocenters. The zero-order valence-corrected chi connectivity index (χ0v) is 17.4. The van der Waals surface area contributed by atoms with Crippen molar-refractivity contribution in [2.75, 3.05) is 6.61 Å². The molecule has 0 aliphatic heterocycles. The molecule has 0 unspecified atom stereocenters. The Morgan fingerprint density at radius 3 is 2.48 bits per heavy atom. The first-order chi connectivity index (χ1) is 13.8. The fourth-order valence-electron chi connectivity index (χ4n) is 3.93. The Labute approximate surface area is 167 Å². The van der Waals surface area contributed by atoms with Gasteiger partial charge in [0.25, 0.3) is 5.56 Å². The van der Waals surface area contributed by atoms with Gasteiger partial charge >= 0.3 is 5.69 Å². The number of fused-ring (bicyclic) bond motifs is 3. The van der Waals surface area contributed by atoms with Gasteiger partial charge in [0.05, 0.1) is 5.69 Å². The lowest BCUT2D eigenvalue weighted by molar-refractivity contribution is 0.277. The number of nitrogens with zero attached hydrogens (tertiary/aromatic N) is 5. The smallest absolute Gasteiger partial charge is 0.332 e. The molecule has 3 heterocycles. The van der Waals surface area contributed by atoms with E-state index < -0.39 is 5.69 Å². The Bertz CT molecular complexity index is 1380. The summed E-state index contributed by atoms with van der Waals surface area (Å²) in [6.07, 6.45) is 0.337. The Hall–Kier alpha value is -3.13. The van der Waals surface area contributed by atoms with Gasteiger partial charge in [-0.1, -0.05) is 12.1 Å². The van der Waals surface area contributed by atoms with E-state index in [-0.39, 0.29) is 18.7 Å². The van der Waals surface area contributed by atoms with E-state index >= 15 is 0 Å². The number of aliphatic hydroxyl groups is 1. The van der Waals surface area contributed by atoms with Crippen LogP contribution in [0.5, 0.6) is 0 Å². The van der Waals surface area contributed by atoms with Crippen molar-refractivity contribution in [3.63, 3.8) is 0 Å². The maximum atomic E-state index is 13.2. The second kappa shape index (κ2) is 6.73. The minimum Gasteiger partial charge on any atom is -0.396 e. The normalized spacial score (nSPS) is 11.8. The van der Waals surface area contributed by atoms with Gasteiger partial charge in [-0.15, -0.1) is 0 Å². The molecule has 0 aliphatic rings. The van der Waals surface area contributed by atoms with E-state index in [1.165, 1.54) is 9.13 Å². The predicted octanol–water partition coefficient (Wildman–Crippen LogP) is 1.75. The second-order valence-electron chi connectivity index (χ2n) is 7.59. The van der Waals surface area contributed by atoms with E-state index in [0.717, 1.165) is 28.2 Å². The van der Waals surface area contributed by atoms with Crippen molar-refractivity contribution < 1.29 is 5.11 Å². The third-order valence-corrected chi connectivity index (χ3v) is 5.66. The van der Waals surface area contributed by atoms with Gasteiger partial charge in [-0.05, 0) is 51.3 Å². The highest BCUT2D eigenvalue weighted by atomic mass is 16.3. The Morgan fingerprint density at radius 2 is 1.79 bits per heavy atom. The average molecular weight is 395 g/mol. The molecule has 0 saturated carbocycles. The first kappa shape index (κ1) is 19.2. The Balaban J connectivity index is 2.17. The SMILES string of the molecule is Cc1ccc(C)c(-n2c(C)c(C)n3c4c(=O)n(CCCO)c(=O)n(C)c4nc23)c1. The van der Waals surface area contributed by atoms with Crippen molar-refractivity contribution in [2.45, 2.75) is 40.7 Å². The van der Waals surface area contributed by atoms with Crippen LogP contribution in [-0.2, 0) is 13.6 Å². The van der Waals surface area contributed by atoms with E-state index in [4.69, 9.17) is 10.1 Å². The summed E-state index contributed by atoms with van der Waals surface area (Å²) in [5.41, 5.74) is 5.03. The first-order valence-electron chi connectivity index (χ1n) is 9.66. The van der Waals surface area contributed by atoms with Crippen LogP contribution >= 0.6 is 0 Å². The van der Waals surface area contributed by atoms with Crippen molar-refractivity contribution in [3.05, 3.63) is 61.6 Å². The molecule has 0 aliphatic carbocycles. The van der Waals surface area contributed by atoms with Crippen molar-refractivity contribution in [1.29, 1.82) is 0 Å². The average Bonchev–Trinajstić information content (AvgIpc) is 3.18. The van der Waals surface area contributed by atoms with Crippen LogP contribution in [0.1, 0.15) is 28.9 Å². The molecule has 152 valence electrons. The number of hydrogen-bond acceptors (Lipinski definition) is 4. The first-order valence-corrected chi connectivity index (χ1v) is 9.66. The largest absolute Gasteiger partial charge is 0.396 e. The van der Waals surface area contributed by atoms with Crippen molar-refractivity contribution in [1.82, 2.24) is 23.1 Å². The maximum Gasteiger partial charge on any atom is 0.332 e. The lowest BCUT2D eigenvalue weighted by Crippen LogP contribution is -2.39. The topological polar surface area (TPSA) is 86.5 Å². The Kier molecular flexibility index (Phi) is 4.46. The molecule has 0 amide bonds. The van der Waals surface area contributed by atoms with Crippen LogP contribution in [0.25, 0.3) is 22.6 Å². The van der Waals surface area contributed by atoms with Crippen LogP contribution in [0, 0.1) is 27.7 Å². The number of aliphatic hydroxyl groups excluding tert-OH is 1. The lowest BCUT2D eigenvalue weighted by Gasteiger charge is -2.11. The highest BCUT2D eigenvalue weighted by Crippen LogP contribution is 2.26. The summed E-state index contributed by atoms with van der Waals surface area (Å²) in [5.74, 6) is 0.607. The van der Waals surface area contributed by atoms with E-state index in [2.05, 4.69) is 18.2 Å². The molecule has 0 bridgehead atoms. The lowest BCUT2D eigenvalue weighted by atomic mass is 10.1. The summed E-state index contributed by atoms with van der Waals surface area (Å²) < 4.78 is 6.46. The fraction of sp³-hybridized carbons (Fsp3) is 0.381. The summed E-state index contributed by atoms with van der Waals surface area (Å²) in [6, 6.07) is 6.23. The van der Waals surface area contributed by atoms with E-state index in [1.807, 2.05) is 36.7 Å². The molecule has 8 nitrogen and oxygen atoms in total. The highest BCUT2D eigenvalue weighted by Gasteiger charge is 2.23.